The van der Waals surface area contributed by atoms with Crippen molar-refractivity contribution >= 4 is 14.7 Å². The van der Waals surface area contributed by atoms with E-state index in [1.807, 2.05) is 0 Å². The molecule has 3 aliphatic rings. The van der Waals surface area contributed by atoms with Crippen molar-refractivity contribution in [2.75, 3.05) is 39.5 Å². The Hall–Kier alpha value is 0.313. The van der Waals surface area contributed by atoms with Gasteiger partial charge in [0.25, 0.3) is 0 Å². The van der Waals surface area contributed by atoms with Crippen LogP contribution in [-0.2, 0) is 11.3 Å². The van der Waals surface area contributed by atoms with Gasteiger partial charge >= 0.3 is 73.9 Å². The minimum absolute atomic E-state index is 0.399. The number of fused-ring (bicyclic) bond motifs is 6. The van der Waals surface area contributed by atoms with Crippen LogP contribution in [0.15, 0.2) is 0 Å². The zero-order valence-corrected chi connectivity index (χ0v) is 8.89. The summed E-state index contributed by atoms with van der Waals surface area (Å²) < 4.78 is 28.5. The van der Waals surface area contributed by atoms with Crippen molar-refractivity contribution < 1.29 is 14.8 Å². The second-order valence-electron chi connectivity index (χ2n) is 2.87. The first-order valence-electron chi connectivity index (χ1n) is 4.12. The van der Waals surface area contributed by atoms with Crippen molar-refractivity contribution in [2.45, 2.75) is 0 Å². The Bertz CT molecular complexity index is 144. The molecule has 0 spiro atoms. The zero-order valence-electron chi connectivity index (χ0n) is 6.79. The zero-order chi connectivity index (χ0) is 8.44. The first-order chi connectivity index (χ1) is 5.79. The molecule has 3 saturated heterocycles. The SMILES string of the molecule is [F][Ge]12[O]CCN(CC[O]1)CC[O]2. The van der Waals surface area contributed by atoms with E-state index in [1.165, 1.54) is 0 Å². The van der Waals surface area contributed by atoms with Gasteiger partial charge in [-0.25, -0.2) is 0 Å². The first kappa shape index (κ1) is 8.89. The van der Waals surface area contributed by atoms with E-state index in [2.05, 4.69) is 4.90 Å². The van der Waals surface area contributed by atoms with Crippen LogP contribution in [0.25, 0.3) is 0 Å². The van der Waals surface area contributed by atoms with E-state index in [0.29, 0.717) is 19.8 Å². The predicted molar refractivity (Wildman–Crippen MR) is 41.2 cm³/mol. The van der Waals surface area contributed by atoms with Crippen molar-refractivity contribution in [2.24, 2.45) is 0 Å². The van der Waals surface area contributed by atoms with Crippen LogP contribution in [0.5, 0.6) is 0 Å². The quantitative estimate of drug-likeness (QED) is 0.545. The fourth-order valence-electron chi connectivity index (χ4n) is 1.35. The van der Waals surface area contributed by atoms with Gasteiger partial charge in [-0.3, -0.25) is 0 Å². The molecule has 3 rings (SSSR count). The minimum atomic E-state index is -4.21. The van der Waals surface area contributed by atoms with Crippen LogP contribution in [0, 0.1) is 0 Å². The fourth-order valence-corrected chi connectivity index (χ4v) is 3.98. The molecule has 6 heteroatoms. The number of hydrogen-bond donors (Lipinski definition) is 0. The molecule has 3 heterocycles. The molecule has 2 bridgehead atoms. The molecule has 3 aliphatic heterocycles. The molecule has 0 N–H and O–H groups in total. The van der Waals surface area contributed by atoms with Gasteiger partial charge in [-0.1, -0.05) is 0 Å². The van der Waals surface area contributed by atoms with Crippen molar-refractivity contribution in [3.05, 3.63) is 0 Å². The Kier molecular flexibility index (Phi) is 2.66. The van der Waals surface area contributed by atoms with E-state index in [9.17, 15) is 3.50 Å². The van der Waals surface area contributed by atoms with E-state index >= 15 is 0 Å². The van der Waals surface area contributed by atoms with Crippen LogP contribution in [0.1, 0.15) is 0 Å². The molecule has 0 saturated carbocycles. The summed E-state index contributed by atoms with van der Waals surface area (Å²) in [4.78, 5) is 2.15. The Morgan fingerprint density at radius 1 is 0.917 bits per heavy atom. The molecule has 4 nitrogen and oxygen atoms in total. The van der Waals surface area contributed by atoms with E-state index in [1.54, 1.807) is 0 Å². The third-order valence-electron chi connectivity index (χ3n) is 2.05. The fraction of sp³-hybridized carbons (Fsp3) is 1.00. The maximum absolute atomic E-state index is 13.5. The Morgan fingerprint density at radius 2 is 1.33 bits per heavy atom. The van der Waals surface area contributed by atoms with E-state index < -0.39 is 14.7 Å². The van der Waals surface area contributed by atoms with Gasteiger partial charge in [-0.2, -0.15) is 0 Å². The second kappa shape index (κ2) is 3.59. The van der Waals surface area contributed by atoms with E-state index in [4.69, 9.17) is 11.3 Å². The molecular weight excluding hydrogens is 226 g/mol. The molecule has 0 unspecified atom stereocenters. The van der Waals surface area contributed by atoms with Gasteiger partial charge in [0.05, 0.1) is 0 Å². The Balaban J connectivity index is 2.06. The number of rotatable bonds is 0. The van der Waals surface area contributed by atoms with E-state index in [-0.39, 0.29) is 0 Å². The van der Waals surface area contributed by atoms with Crippen LogP contribution < -0.4 is 0 Å². The number of halogens is 1. The predicted octanol–water partition coefficient (Wildman–Crippen LogP) is -0.230. The topological polar surface area (TPSA) is 30.9 Å². The molecule has 12 heavy (non-hydrogen) atoms. The maximum atomic E-state index is 13.5. The summed E-state index contributed by atoms with van der Waals surface area (Å²) >= 11 is -4.21. The van der Waals surface area contributed by atoms with Crippen molar-refractivity contribution in [1.82, 2.24) is 4.90 Å². The summed E-state index contributed by atoms with van der Waals surface area (Å²) in [6.45, 7) is 3.58. The molecule has 3 fully saturated rings. The molecule has 70 valence electrons. The van der Waals surface area contributed by atoms with Crippen LogP contribution in [0.3, 0.4) is 0 Å². The van der Waals surface area contributed by atoms with Crippen molar-refractivity contribution in [3.63, 3.8) is 0 Å². The van der Waals surface area contributed by atoms with Gasteiger partial charge in [0, 0.05) is 0 Å². The normalized spacial score (nSPS) is 43.2. The molecule has 0 aliphatic carbocycles. The Morgan fingerprint density at radius 3 is 1.75 bits per heavy atom. The van der Waals surface area contributed by atoms with Gasteiger partial charge in [-0.15, -0.1) is 0 Å². The molecule has 0 radical (unpaired) electrons. The van der Waals surface area contributed by atoms with E-state index in [0.717, 1.165) is 19.6 Å². The van der Waals surface area contributed by atoms with Crippen molar-refractivity contribution in [1.29, 1.82) is 0 Å². The average molecular weight is 238 g/mol. The summed E-state index contributed by atoms with van der Waals surface area (Å²) in [6, 6.07) is 0. The monoisotopic (exact) mass is 239 g/mol. The summed E-state index contributed by atoms with van der Waals surface area (Å²) in [5.41, 5.74) is 0. The van der Waals surface area contributed by atoms with Crippen LogP contribution >= 0.6 is 0 Å². The third-order valence-corrected chi connectivity index (χ3v) is 5.50. The summed E-state index contributed by atoms with van der Waals surface area (Å²) in [7, 11) is 0. The third kappa shape index (κ3) is 1.97. The first-order valence-corrected chi connectivity index (χ1v) is 7.48. The number of hydrogen-bond acceptors (Lipinski definition) is 4. The molecule has 0 atom stereocenters. The summed E-state index contributed by atoms with van der Waals surface area (Å²) in [6.07, 6.45) is 0. The summed E-state index contributed by atoms with van der Waals surface area (Å²) in [5, 5.41) is 0. The van der Waals surface area contributed by atoms with Crippen LogP contribution in [0.4, 0.5) is 3.50 Å². The van der Waals surface area contributed by atoms with Gasteiger partial charge in [0.1, 0.15) is 0 Å². The standard InChI is InChI=1S/C6H12FGeNO3/c7-8-10-4-1-9(2-5-11-8)3-6-12-8/h1-6H2. The average Bonchev–Trinajstić information content (AvgIpc) is 1.93. The molecule has 0 amide bonds. The van der Waals surface area contributed by atoms with Gasteiger partial charge < -0.3 is 0 Å². The molecule has 0 aromatic carbocycles. The summed E-state index contributed by atoms with van der Waals surface area (Å²) in [5.74, 6) is 0. The molecular formula is C6H12FGeNO3. The van der Waals surface area contributed by atoms with Crippen LogP contribution in [-0.4, -0.2) is 59.1 Å². The molecule has 0 aromatic rings. The second-order valence-corrected chi connectivity index (χ2v) is 6.71. The Labute approximate surface area is 74.4 Å². The molecule has 0 aromatic heterocycles. The van der Waals surface area contributed by atoms with Crippen LogP contribution in [0.2, 0.25) is 0 Å². The van der Waals surface area contributed by atoms with Crippen molar-refractivity contribution in [3.8, 4) is 0 Å². The van der Waals surface area contributed by atoms with Gasteiger partial charge in [0.15, 0.2) is 0 Å². The number of nitrogens with zero attached hydrogens (tertiary/aromatic N) is 1. The van der Waals surface area contributed by atoms with Gasteiger partial charge in [-0.05, 0) is 0 Å². The van der Waals surface area contributed by atoms with Gasteiger partial charge in [0.2, 0.25) is 0 Å².